The van der Waals surface area contributed by atoms with E-state index in [-0.39, 0.29) is 11.0 Å². The van der Waals surface area contributed by atoms with Gasteiger partial charge in [0.2, 0.25) is 0 Å². The minimum absolute atomic E-state index is 0.00789. The molecule has 0 heterocycles. The minimum Gasteiger partial charge on any atom is -0.461 e. The number of benzene rings is 1. The molecule has 0 saturated heterocycles. The van der Waals surface area contributed by atoms with Crippen LogP contribution in [0.5, 0.6) is 0 Å². The average Bonchev–Trinajstić information content (AvgIpc) is 2.27. The summed E-state index contributed by atoms with van der Waals surface area (Å²) < 4.78 is 34.2. The molecule has 0 aliphatic rings. The minimum atomic E-state index is -4.02. The third kappa shape index (κ3) is 4.31. The summed E-state index contributed by atoms with van der Waals surface area (Å²) in [6.45, 7) is 7.94. The Morgan fingerprint density at radius 3 is 2.10 bits per heavy atom. The van der Waals surface area contributed by atoms with Crippen LogP contribution < -0.4 is 0 Å². The maximum atomic E-state index is 12.1. The molecule has 20 heavy (non-hydrogen) atoms. The Labute approximate surface area is 120 Å². The van der Waals surface area contributed by atoms with Crippen molar-refractivity contribution in [3.63, 3.8) is 0 Å². The van der Waals surface area contributed by atoms with Gasteiger partial charge >= 0.3 is 5.97 Å². The Bertz CT molecular complexity index is 570. The Kier molecular flexibility index (Phi) is 4.94. The number of rotatable bonds is 5. The van der Waals surface area contributed by atoms with Gasteiger partial charge in [-0.05, 0) is 46.8 Å². The fourth-order valence-corrected chi connectivity index (χ4v) is 2.60. The van der Waals surface area contributed by atoms with Crippen molar-refractivity contribution in [1.82, 2.24) is 0 Å². The van der Waals surface area contributed by atoms with Crippen molar-refractivity contribution in [2.45, 2.75) is 51.2 Å². The van der Waals surface area contributed by atoms with Crippen molar-refractivity contribution in [2.24, 2.45) is 0 Å². The highest BCUT2D eigenvalue weighted by atomic mass is 32.2. The number of carbonyl (C=O) groups is 1. The molecule has 0 spiro atoms. The number of hydrogen-bond acceptors (Lipinski definition) is 5. The Morgan fingerprint density at radius 1 is 1.15 bits per heavy atom. The molecule has 1 rings (SSSR count). The second kappa shape index (κ2) is 5.93. The summed E-state index contributed by atoms with van der Waals surface area (Å²) in [5, 5.41) is 0. The number of hydrogen-bond donors (Lipinski definition) is 0. The van der Waals surface area contributed by atoms with Gasteiger partial charge in [-0.3, -0.25) is 0 Å². The molecule has 0 aliphatic heterocycles. The third-order valence-corrected chi connectivity index (χ3v) is 3.95. The molecule has 0 N–H and O–H groups in total. The normalized spacial score (nSPS) is 12.5. The Hall–Kier alpha value is -1.40. The van der Waals surface area contributed by atoms with E-state index in [4.69, 9.17) is 8.92 Å². The van der Waals surface area contributed by atoms with Crippen molar-refractivity contribution in [3.8, 4) is 0 Å². The van der Waals surface area contributed by atoms with E-state index < -0.39 is 21.7 Å². The molecular weight excluding hydrogens is 280 g/mol. The molecule has 1 aromatic rings. The highest BCUT2D eigenvalue weighted by Crippen LogP contribution is 2.22. The predicted molar refractivity (Wildman–Crippen MR) is 74.8 cm³/mol. The fourth-order valence-electron chi connectivity index (χ4n) is 1.42. The predicted octanol–water partition coefficient (Wildman–Crippen LogP) is 2.43. The van der Waals surface area contributed by atoms with Crippen LogP contribution >= 0.6 is 0 Å². The van der Waals surface area contributed by atoms with Gasteiger partial charge in [-0.15, -0.1) is 0 Å². The Morgan fingerprint density at radius 2 is 1.65 bits per heavy atom. The zero-order chi connectivity index (χ0) is 15.6. The second-order valence-corrected chi connectivity index (χ2v) is 6.86. The van der Waals surface area contributed by atoms with Crippen molar-refractivity contribution in [1.29, 1.82) is 0 Å². The number of carbonyl (C=O) groups excluding carboxylic acids is 1. The first-order valence-corrected chi connectivity index (χ1v) is 7.69. The van der Waals surface area contributed by atoms with Crippen LogP contribution in [0.2, 0.25) is 0 Å². The van der Waals surface area contributed by atoms with Crippen molar-refractivity contribution in [3.05, 3.63) is 29.8 Å². The SMILES string of the molecule is Cc1ccc(S(=O)(=O)OC(C)(C)C(=O)OC(C)C)cc1. The van der Waals surface area contributed by atoms with Gasteiger partial charge in [0.15, 0.2) is 5.60 Å². The molecule has 5 nitrogen and oxygen atoms in total. The molecule has 0 aromatic heterocycles. The van der Waals surface area contributed by atoms with Gasteiger partial charge in [0.25, 0.3) is 10.1 Å². The zero-order valence-corrected chi connectivity index (χ0v) is 13.2. The number of ether oxygens (including phenoxy) is 1. The van der Waals surface area contributed by atoms with E-state index in [1.54, 1.807) is 26.0 Å². The van der Waals surface area contributed by atoms with E-state index in [2.05, 4.69) is 0 Å². The molecule has 0 amide bonds. The molecule has 0 atom stereocenters. The van der Waals surface area contributed by atoms with E-state index in [0.29, 0.717) is 0 Å². The molecule has 112 valence electrons. The van der Waals surface area contributed by atoms with Crippen LogP contribution in [0.4, 0.5) is 0 Å². The summed E-state index contributed by atoms with van der Waals surface area (Å²) in [7, 11) is -4.02. The molecule has 0 saturated carbocycles. The quantitative estimate of drug-likeness (QED) is 0.617. The van der Waals surface area contributed by atoms with Crippen LogP contribution in [0.25, 0.3) is 0 Å². The first-order valence-electron chi connectivity index (χ1n) is 6.28. The summed E-state index contributed by atoms with van der Waals surface area (Å²) in [5.41, 5.74) is -0.643. The summed E-state index contributed by atoms with van der Waals surface area (Å²) in [6, 6.07) is 6.20. The van der Waals surface area contributed by atoms with Crippen molar-refractivity contribution in [2.75, 3.05) is 0 Å². The van der Waals surface area contributed by atoms with E-state index in [1.165, 1.54) is 26.0 Å². The second-order valence-electron chi connectivity index (χ2n) is 5.31. The molecule has 1 aromatic carbocycles. The molecular formula is C14H20O5S. The zero-order valence-electron chi connectivity index (χ0n) is 12.3. The van der Waals surface area contributed by atoms with Crippen molar-refractivity contribution >= 4 is 16.1 Å². The molecule has 6 heteroatoms. The summed E-state index contributed by atoms with van der Waals surface area (Å²) >= 11 is 0. The largest absolute Gasteiger partial charge is 0.461 e. The van der Waals surface area contributed by atoms with E-state index in [1.807, 2.05) is 6.92 Å². The van der Waals surface area contributed by atoms with Gasteiger partial charge < -0.3 is 4.74 Å². The maximum Gasteiger partial charge on any atom is 0.339 e. The molecule has 0 fully saturated rings. The van der Waals surface area contributed by atoms with Gasteiger partial charge in [-0.1, -0.05) is 17.7 Å². The summed E-state index contributed by atoms with van der Waals surface area (Å²) in [5.74, 6) is -0.719. The molecule has 0 bridgehead atoms. The topological polar surface area (TPSA) is 69.7 Å². The van der Waals surface area contributed by atoms with Gasteiger partial charge in [0, 0.05) is 0 Å². The third-order valence-electron chi connectivity index (χ3n) is 2.46. The highest BCUT2D eigenvalue weighted by molar-refractivity contribution is 7.86. The lowest BCUT2D eigenvalue weighted by atomic mass is 10.1. The fraction of sp³-hybridized carbons (Fsp3) is 0.500. The summed E-state index contributed by atoms with van der Waals surface area (Å²) in [4.78, 5) is 11.8. The molecule has 0 unspecified atom stereocenters. The molecule has 0 radical (unpaired) electrons. The molecule has 0 aliphatic carbocycles. The van der Waals surface area contributed by atoms with E-state index in [9.17, 15) is 13.2 Å². The number of esters is 1. The van der Waals surface area contributed by atoms with Crippen LogP contribution in [0.15, 0.2) is 29.2 Å². The van der Waals surface area contributed by atoms with Crippen LogP contribution in [-0.4, -0.2) is 26.1 Å². The van der Waals surface area contributed by atoms with Crippen LogP contribution in [0.1, 0.15) is 33.3 Å². The lowest BCUT2D eigenvalue weighted by Crippen LogP contribution is -2.39. The maximum absolute atomic E-state index is 12.1. The van der Waals surface area contributed by atoms with Crippen LogP contribution in [-0.2, 0) is 23.8 Å². The van der Waals surface area contributed by atoms with Gasteiger partial charge in [0.05, 0.1) is 11.0 Å². The van der Waals surface area contributed by atoms with Crippen LogP contribution in [0, 0.1) is 6.92 Å². The van der Waals surface area contributed by atoms with E-state index in [0.717, 1.165) is 5.56 Å². The first-order chi connectivity index (χ1) is 9.04. The number of aryl methyl sites for hydroxylation is 1. The Balaban J connectivity index is 2.95. The average molecular weight is 300 g/mol. The monoisotopic (exact) mass is 300 g/mol. The highest BCUT2D eigenvalue weighted by Gasteiger charge is 2.37. The van der Waals surface area contributed by atoms with E-state index >= 15 is 0 Å². The van der Waals surface area contributed by atoms with Gasteiger partial charge in [0.1, 0.15) is 0 Å². The van der Waals surface area contributed by atoms with Crippen molar-refractivity contribution < 1.29 is 22.1 Å². The standard InChI is InChI=1S/C14H20O5S/c1-10(2)18-13(15)14(4,5)19-20(16,17)12-8-6-11(3)7-9-12/h6-10H,1-5H3. The van der Waals surface area contributed by atoms with Gasteiger partial charge in [-0.25, -0.2) is 8.98 Å². The smallest absolute Gasteiger partial charge is 0.339 e. The summed E-state index contributed by atoms with van der Waals surface area (Å²) in [6.07, 6.45) is -0.340. The lowest BCUT2D eigenvalue weighted by Gasteiger charge is -2.23. The lowest BCUT2D eigenvalue weighted by molar-refractivity contribution is -0.162. The first kappa shape index (κ1) is 16.7. The van der Waals surface area contributed by atoms with Gasteiger partial charge in [-0.2, -0.15) is 8.42 Å². The van der Waals surface area contributed by atoms with Crippen LogP contribution in [0.3, 0.4) is 0 Å².